The fourth-order valence-corrected chi connectivity index (χ4v) is 3.71. The minimum Gasteiger partial charge on any atom is -0.478 e. The van der Waals surface area contributed by atoms with Gasteiger partial charge in [0.2, 0.25) is 11.8 Å². The van der Waals surface area contributed by atoms with Crippen LogP contribution >= 0.6 is 7.14 Å². The molecule has 1 aromatic heterocycles. The lowest BCUT2D eigenvalue weighted by molar-refractivity contribution is -0.139. The molecule has 0 radical (unpaired) electrons. The van der Waals surface area contributed by atoms with Crippen molar-refractivity contribution in [1.29, 1.82) is 0 Å². The molecule has 0 saturated heterocycles. The van der Waals surface area contributed by atoms with Gasteiger partial charge in [0.15, 0.2) is 0 Å². The first-order valence-electron chi connectivity index (χ1n) is 8.82. The summed E-state index contributed by atoms with van der Waals surface area (Å²) in [6.07, 6.45) is -4.20. The highest BCUT2D eigenvalue weighted by molar-refractivity contribution is 7.70. The minimum atomic E-state index is -4.78. The number of aromatic nitrogens is 2. The van der Waals surface area contributed by atoms with Gasteiger partial charge in [0.25, 0.3) is 0 Å². The smallest absolute Gasteiger partial charge is 0.423 e. The number of benzene rings is 2. The van der Waals surface area contributed by atoms with Crippen molar-refractivity contribution in [2.24, 2.45) is 0 Å². The number of carboxylic acids is 1. The number of alkyl halides is 3. The highest BCUT2D eigenvalue weighted by Gasteiger charge is 2.37. The Bertz CT molecular complexity index is 1160. The van der Waals surface area contributed by atoms with Gasteiger partial charge < -0.3 is 19.7 Å². The molecule has 0 amide bonds. The molecule has 31 heavy (non-hydrogen) atoms. The molecule has 0 aliphatic rings. The summed E-state index contributed by atoms with van der Waals surface area (Å²) in [4.78, 5) is 18.4. The summed E-state index contributed by atoms with van der Waals surface area (Å²) in [6, 6.07) is 11.6. The molecule has 3 aromatic rings. The van der Waals surface area contributed by atoms with E-state index in [0.29, 0.717) is 11.9 Å². The van der Waals surface area contributed by atoms with Gasteiger partial charge in [-0.25, -0.2) is 9.78 Å². The van der Waals surface area contributed by atoms with E-state index in [1.165, 1.54) is 49.7 Å². The predicted octanol–water partition coefficient (Wildman–Crippen LogP) is 4.98. The topological polar surface area (TPSA) is 101 Å². The molecule has 0 aliphatic heterocycles. The summed E-state index contributed by atoms with van der Waals surface area (Å²) in [6.45, 7) is 2.96. The zero-order chi connectivity index (χ0) is 22.8. The first-order valence-corrected chi connectivity index (χ1v) is 11.4. The number of hydrogen-bond donors (Lipinski definition) is 2. The standard InChI is InChI=1S/C20H17F3N3O4P/c1-31(2,29)16-6-4-3-5-15(16)30-17-14(20(21,22)23)11-24-19(26-17)25-13-9-7-12(8-10-13)18(27)28/h3-11H,1-2H3,(H,27,28)(H,24,25,26). The zero-order valence-electron chi connectivity index (χ0n) is 16.3. The van der Waals surface area contributed by atoms with Crippen molar-refractivity contribution >= 4 is 30.1 Å². The molecule has 3 rings (SSSR count). The number of nitrogens with zero attached hydrogens (tertiary/aromatic N) is 2. The van der Waals surface area contributed by atoms with E-state index >= 15 is 0 Å². The first-order chi connectivity index (χ1) is 14.4. The van der Waals surface area contributed by atoms with Crippen LogP contribution in [-0.4, -0.2) is 34.4 Å². The van der Waals surface area contributed by atoms with Crippen LogP contribution < -0.4 is 15.4 Å². The lowest BCUT2D eigenvalue weighted by atomic mass is 10.2. The summed E-state index contributed by atoms with van der Waals surface area (Å²) >= 11 is 0. The van der Waals surface area contributed by atoms with Gasteiger partial charge in [-0.1, -0.05) is 12.1 Å². The van der Waals surface area contributed by atoms with Crippen LogP contribution in [0.5, 0.6) is 11.6 Å². The van der Waals surface area contributed by atoms with Gasteiger partial charge in [0.05, 0.1) is 10.9 Å². The molecule has 0 unspecified atom stereocenters. The van der Waals surface area contributed by atoms with Crippen LogP contribution in [0.2, 0.25) is 0 Å². The number of halogens is 3. The molecule has 11 heteroatoms. The first kappa shape index (κ1) is 22.3. The second-order valence-electron chi connectivity index (χ2n) is 6.84. The Balaban J connectivity index is 1.99. The maximum Gasteiger partial charge on any atom is 0.423 e. The van der Waals surface area contributed by atoms with Gasteiger partial charge in [-0.05, 0) is 49.7 Å². The van der Waals surface area contributed by atoms with Crippen molar-refractivity contribution in [2.75, 3.05) is 18.6 Å². The molecule has 0 bridgehead atoms. The Morgan fingerprint density at radius 3 is 2.32 bits per heavy atom. The number of anilines is 2. The maximum absolute atomic E-state index is 13.5. The molecular weight excluding hydrogens is 434 g/mol. The molecule has 2 N–H and O–H groups in total. The molecule has 0 spiro atoms. The Kier molecular flexibility index (Phi) is 6.03. The molecule has 0 fully saturated rings. The molecule has 1 heterocycles. The largest absolute Gasteiger partial charge is 0.478 e. The van der Waals surface area contributed by atoms with Crippen LogP contribution in [0.1, 0.15) is 15.9 Å². The number of nitrogens with one attached hydrogen (secondary N) is 1. The van der Waals surface area contributed by atoms with Crippen molar-refractivity contribution in [3.8, 4) is 11.6 Å². The zero-order valence-corrected chi connectivity index (χ0v) is 17.2. The van der Waals surface area contributed by atoms with Gasteiger partial charge in [-0.3, -0.25) is 0 Å². The number of hydrogen-bond acceptors (Lipinski definition) is 6. The van der Waals surface area contributed by atoms with E-state index in [4.69, 9.17) is 9.84 Å². The molecule has 0 saturated carbocycles. The highest BCUT2D eigenvalue weighted by atomic mass is 31.2. The summed E-state index contributed by atoms with van der Waals surface area (Å²) in [5.74, 6) is -2.07. The van der Waals surface area contributed by atoms with Crippen LogP contribution in [0.25, 0.3) is 0 Å². The molecule has 7 nitrogen and oxygen atoms in total. The third-order valence-electron chi connectivity index (χ3n) is 4.10. The number of carboxylic acid groups (broad SMARTS) is 1. The average Bonchev–Trinajstić information content (AvgIpc) is 2.67. The monoisotopic (exact) mass is 451 g/mol. The van der Waals surface area contributed by atoms with E-state index in [-0.39, 0.29) is 22.6 Å². The summed E-state index contributed by atoms with van der Waals surface area (Å²) in [5, 5.41) is 11.9. The molecule has 0 atom stereocenters. The van der Waals surface area contributed by atoms with E-state index in [0.717, 1.165) is 0 Å². The third kappa shape index (κ3) is 5.40. The Labute approximate surface area is 175 Å². The van der Waals surface area contributed by atoms with E-state index in [1.54, 1.807) is 12.1 Å². The van der Waals surface area contributed by atoms with Gasteiger partial charge in [-0.2, -0.15) is 18.2 Å². The Hall–Kier alpha value is -3.39. The number of ether oxygens (including phenoxy) is 1. The second kappa shape index (κ2) is 8.39. The van der Waals surface area contributed by atoms with Gasteiger partial charge in [-0.15, -0.1) is 0 Å². The van der Waals surface area contributed by atoms with Crippen molar-refractivity contribution in [3.05, 3.63) is 65.9 Å². The van der Waals surface area contributed by atoms with Crippen molar-refractivity contribution < 1.29 is 32.4 Å². The fraction of sp³-hybridized carbons (Fsp3) is 0.150. The molecule has 162 valence electrons. The Morgan fingerprint density at radius 1 is 1.10 bits per heavy atom. The van der Waals surface area contributed by atoms with Crippen LogP contribution in [0.3, 0.4) is 0 Å². The van der Waals surface area contributed by atoms with E-state index < -0.39 is 30.7 Å². The third-order valence-corrected chi connectivity index (χ3v) is 5.63. The maximum atomic E-state index is 13.5. The van der Waals surface area contributed by atoms with Crippen LogP contribution in [0.15, 0.2) is 54.7 Å². The van der Waals surface area contributed by atoms with Crippen LogP contribution in [-0.2, 0) is 10.7 Å². The minimum absolute atomic E-state index is 0.00297. The van der Waals surface area contributed by atoms with Crippen LogP contribution in [0.4, 0.5) is 24.8 Å². The van der Waals surface area contributed by atoms with Crippen molar-refractivity contribution in [3.63, 3.8) is 0 Å². The lowest BCUT2D eigenvalue weighted by Crippen LogP contribution is -2.13. The van der Waals surface area contributed by atoms with Gasteiger partial charge >= 0.3 is 12.1 Å². The van der Waals surface area contributed by atoms with Crippen molar-refractivity contribution in [1.82, 2.24) is 9.97 Å². The predicted molar refractivity (Wildman–Crippen MR) is 109 cm³/mol. The van der Waals surface area contributed by atoms with Gasteiger partial charge in [0, 0.05) is 11.9 Å². The quantitative estimate of drug-likeness (QED) is 0.510. The van der Waals surface area contributed by atoms with Gasteiger partial charge in [0.1, 0.15) is 18.5 Å². The summed E-state index contributed by atoms with van der Waals surface area (Å²) in [7, 11) is -2.84. The second-order valence-corrected chi connectivity index (χ2v) is 10.0. The molecular formula is C20H17F3N3O4P. The Morgan fingerprint density at radius 2 is 1.74 bits per heavy atom. The van der Waals surface area contributed by atoms with E-state index in [1.807, 2.05) is 0 Å². The van der Waals surface area contributed by atoms with E-state index in [2.05, 4.69) is 15.3 Å². The number of aromatic carboxylic acids is 1. The number of para-hydroxylation sites is 1. The SMILES string of the molecule is CP(C)(=O)c1ccccc1Oc1nc(Nc2ccc(C(=O)O)cc2)ncc1C(F)(F)F. The highest BCUT2D eigenvalue weighted by Crippen LogP contribution is 2.41. The number of rotatable bonds is 6. The average molecular weight is 451 g/mol. The fourth-order valence-electron chi connectivity index (χ4n) is 2.62. The van der Waals surface area contributed by atoms with Crippen molar-refractivity contribution in [2.45, 2.75) is 6.18 Å². The number of carbonyl (C=O) groups is 1. The van der Waals surface area contributed by atoms with Crippen LogP contribution in [0, 0.1) is 0 Å². The lowest BCUT2D eigenvalue weighted by Gasteiger charge is -2.17. The summed E-state index contributed by atoms with van der Waals surface area (Å²) < 4.78 is 58.4. The molecule has 0 aliphatic carbocycles. The summed E-state index contributed by atoms with van der Waals surface area (Å²) in [5.41, 5.74) is -0.790. The van der Waals surface area contributed by atoms with E-state index in [9.17, 15) is 22.5 Å². The normalized spacial score (nSPS) is 11.8. The molecule has 2 aromatic carbocycles.